The van der Waals surface area contributed by atoms with Crippen molar-refractivity contribution >= 4 is 5.96 Å². The van der Waals surface area contributed by atoms with Crippen molar-refractivity contribution in [3.8, 4) is 0 Å². The van der Waals surface area contributed by atoms with Crippen molar-refractivity contribution < 1.29 is 9.52 Å². The van der Waals surface area contributed by atoms with Gasteiger partial charge in [-0.25, -0.2) is 4.99 Å². The molecule has 0 radical (unpaired) electrons. The second-order valence-corrected chi connectivity index (χ2v) is 7.03. The van der Waals surface area contributed by atoms with E-state index in [1.807, 2.05) is 6.92 Å². The van der Waals surface area contributed by atoms with Gasteiger partial charge in [0, 0.05) is 13.1 Å². The number of hydrogen-bond acceptors (Lipinski definition) is 4. The van der Waals surface area contributed by atoms with Crippen LogP contribution in [0.5, 0.6) is 0 Å². The van der Waals surface area contributed by atoms with Gasteiger partial charge in [-0.3, -0.25) is 4.90 Å². The Labute approximate surface area is 168 Å². The molecule has 0 saturated carbocycles. The molecule has 2 aromatic rings. The van der Waals surface area contributed by atoms with Crippen molar-refractivity contribution in [3.05, 3.63) is 59.5 Å². The maximum Gasteiger partial charge on any atom is 0.191 e. The second-order valence-electron chi connectivity index (χ2n) is 7.03. The molecule has 1 aromatic carbocycles. The van der Waals surface area contributed by atoms with Crippen molar-refractivity contribution in [2.24, 2.45) is 4.99 Å². The predicted octanol–water partition coefficient (Wildman–Crippen LogP) is 3.08. The lowest BCUT2D eigenvalue weighted by molar-refractivity contribution is 0.0386. The van der Waals surface area contributed by atoms with Crippen LogP contribution in [0.3, 0.4) is 0 Å². The number of rotatable bonds is 10. The Morgan fingerprint density at radius 1 is 1.07 bits per heavy atom. The molecule has 0 aliphatic carbocycles. The first-order valence-corrected chi connectivity index (χ1v) is 10.1. The first kappa shape index (κ1) is 22.0. The maximum atomic E-state index is 10.6. The van der Waals surface area contributed by atoms with Gasteiger partial charge in [0.1, 0.15) is 11.4 Å². The Kier molecular flexibility index (Phi) is 8.54. The summed E-state index contributed by atoms with van der Waals surface area (Å²) in [5.74, 6) is 1.20. The standard InChI is InChI=1S/C22H34N4O2/c1-5-23-21(25-17-22(4,27)20-13-10-14-28-20)24-15-18-11-8-9-12-19(18)16-26(6-2)7-3/h8-14,27H,5-7,15-17H2,1-4H3,(H2,23,24,25). The lowest BCUT2D eigenvalue weighted by atomic mass is 10.0. The zero-order valence-corrected chi connectivity index (χ0v) is 17.5. The van der Waals surface area contributed by atoms with Crippen molar-refractivity contribution in [2.75, 3.05) is 26.2 Å². The van der Waals surface area contributed by atoms with Crippen LogP contribution in [0.2, 0.25) is 0 Å². The number of nitrogens with zero attached hydrogens (tertiary/aromatic N) is 2. The molecule has 0 amide bonds. The molecule has 0 saturated heterocycles. The average Bonchev–Trinajstić information content (AvgIpc) is 3.25. The summed E-state index contributed by atoms with van der Waals surface area (Å²) in [5.41, 5.74) is 1.40. The van der Waals surface area contributed by atoms with E-state index < -0.39 is 5.60 Å². The van der Waals surface area contributed by atoms with Crippen LogP contribution < -0.4 is 10.6 Å². The first-order valence-electron chi connectivity index (χ1n) is 10.1. The molecule has 0 fully saturated rings. The van der Waals surface area contributed by atoms with Crippen LogP contribution >= 0.6 is 0 Å². The third kappa shape index (κ3) is 6.39. The molecule has 1 unspecified atom stereocenters. The molecule has 2 rings (SSSR count). The van der Waals surface area contributed by atoms with Crippen LogP contribution in [0.1, 0.15) is 44.6 Å². The number of hydrogen-bond donors (Lipinski definition) is 3. The summed E-state index contributed by atoms with van der Waals surface area (Å²) < 4.78 is 5.34. The zero-order chi connectivity index (χ0) is 20.4. The summed E-state index contributed by atoms with van der Waals surface area (Å²) in [7, 11) is 0. The smallest absolute Gasteiger partial charge is 0.191 e. The van der Waals surface area contributed by atoms with Gasteiger partial charge in [-0.2, -0.15) is 0 Å². The van der Waals surface area contributed by atoms with E-state index in [4.69, 9.17) is 9.41 Å². The lowest BCUT2D eigenvalue weighted by Crippen LogP contribution is -2.44. The molecule has 3 N–H and O–H groups in total. The molecule has 1 atom stereocenters. The molecular weight excluding hydrogens is 352 g/mol. The molecule has 0 bridgehead atoms. The maximum absolute atomic E-state index is 10.6. The minimum absolute atomic E-state index is 0.299. The number of furan rings is 1. The number of guanidine groups is 1. The summed E-state index contributed by atoms with van der Waals surface area (Å²) in [4.78, 5) is 7.12. The highest BCUT2D eigenvalue weighted by Crippen LogP contribution is 2.19. The quantitative estimate of drug-likeness (QED) is 0.432. The van der Waals surface area contributed by atoms with Crippen molar-refractivity contribution in [2.45, 2.75) is 46.4 Å². The van der Waals surface area contributed by atoms with Gasteiger partial charge >= 0.3 is 0 Å². The average molecular weight is 387 g/mol. The van der Waals surface area contributed by atoms with E-state index in [-0.39, 0.29) is 0 Å². The molecule has 0 aliphatic heterocycles. The Morgan fingerprint density at radius 2 is 1.79 bits per heavy atom. The summed E-state index contributed by atoms with van der Waals surface area (Å²) in [5, 5.41) is 17.1. The lowest BCUT2D eigenvalue weighted by Gasteiger charge is -2.23. The molecule has 0 spiro atoms. The van der Waals surface area contributed by atoms with Gasteiger partial charge < -0.3 is 20.2 Å². The van der Waals surface area contributed by atoms with Crippen LogP contribution in [0.4, 0.5) is 0 Å². The summed E-state index contributed by atoms with van der Waals surface area (Å²) >= 11 is 0. The number of aliphatic imine (C=N–C) groups is 1. The van der Waals surface area contributed by atoms with Gasteiger partial charge in [-0.15, -0.1) is 0 Å². The number of benzene rings is 1. The van der Waals surface area contributed by atoms with Crippen LogP contribution in [0.25, 0.3) is 0 Å². The van der Waals surface area contributed by atoms with Gasteiger partial charge in [-0.1, -0.05) is 38.1 Å². The van der Waals surface area contributed by atoms with Gasteiger partial charge in [0.05, 0.1) is 19.4 Å². The molecule has 6 heteroatoms. The minimum Gasteiger partial charge on any atom is -0.466 e. The molecule has 1 heterocycles. The number of aliphatic hydroxyl groups is 1. The Bertz CT molecular complexity index is 722. The highest BCUT2D eigenvalue weighted by Gasteiger charge is 2.26. The zero-order valence-electron chi connectivity index (χ0n) is 17.5. The predicted molar refractivity (Wildman–Crippen MR) is 114 cm³/mol. The van der Waals surface area contributed by atoms with Gasteiger partial charge in [-0.05, 0) is 50.2 Å². The summed E-state index contributed by atoms with van der Waals surface area (Å²) in [6.07, 6.45) is 1.57. The van der Waals surface area contributed by atoms with Gasteiger partial charge in [0.15, 0.2) is 5.96 Å². The Hall–Kier alpha value is -2.31. The van der Waals surface area contributed by atoms with E-state index in [1.165, 1.54) is 11.1 Å². The monoisotopic (exact) mass is 386 g/mol. The SMILES string of the molecule is CCNC(=NCc1ccccc1CN(CC)CC)NCC(C)(O)c1ccco1. The van der Waals surface area contributed by atoms with Gasteiger partial charge in [0.25, 0.3) is 0 Å². The van der Waals surface area contributed by atoms with Crippen LogP contribution in [0, 0.1) is 0 Å². The topological polar surface area (TPSA) is 73.0 Å². The second kappa shape index (κ2) is 10.9. The largest absolute Gasteiger partial charge is 0.466 e. The van der Waals surface area contributed by atoms with E-state index >= 15 is 0 Å². The van der Waals surface area contributed by atoms with Gasteiger partial charge in [0.2, 0.25) is 0 Å². The van der Waals surface area contributed by atoms with Crippen LogP contribution in [0.15, 0.2) is 52.1 Å². The molecule has 0 aliphatic rings. The molecular formula is C22H34N4O2. The minimum atomic E-state index is -1.11. The van der Waals surface area contributed by atoms with Crippen LogP contribution in [-0.4, -0.2) is 42.1 Å². The fourth-order valence-corrected chi connectivity index (χ4v) is 2.99. The number of nitrogens with one attached hydrogen (secondary N) is 2. The fraction of sp³-hybridized carbons (Fsp3) is 0.500. The molecule has 6 nitrogen and oxygen atoms in total. The molecule has 1 aromatic heterocycles. The van der Waals surface area contributed by atoms with E-state index in [1.54, 1.807) is 25.3 Å². The van der Waals surface area contributed by atoms with Crippen molar-refractivity contribution in [3.63, 3.8) is 0 Å². The summed E-state index contributed by atoms with van der Waals surface area (Å²) in [6, 6.07) is 12.0. The fourth-order valence-electron chi connectivity index (χ4n) is 2.99. The third-order valence-electron chi connectivity index (χ3n) is 4.81. The Balaban J connectivity index is 2.06. The van der Waals surface area contributed by atoms with E-state index in [0.717, 1.165) is 26.2 Å². The van der Waals surface area contributed by atoms with Crippen molar-refractivity contribution in [1.29, 1.82) is 0 Å². The van der Waals surface area contributed by atoms with Crippen LogP contribution in [-0.2, 0) is 18.7 Å². The summed E-state index contributed by atoms with van der Waals surface area (Å²) in [6.45, 7) is 12.7. The normalized spacial score (nSPS) is 14.1. The van der Waals surface area contributed by atoms with E-state index in [0.29, 0.717) is 24.8 Å². The van der Waals surface area contributed by atoms with E-state index in [9.17, 15) is 5.11 Å². The van der Waals surface area contributed by atoms with E-state index in [2.05, 4.69) is 53.6 Å². The molecule has 154 valence electrons. The Morgan fingerprint density at radius 3 is 2.39 bits per heavy atom. The highest BCUT2D eigenvalue weighted by atomic mass is 16.4. The first-order chi connectivity index (χ1) is 13.5. The third-order valence-corrected chi connectivity index (χ3v) is 4.81. The van der Waals surface area contributed by atoms with Crippen molar-refractivity contribution in [1.82, 2.24) is 15.5 Å². The molecule has 28 heavy (non-hydrogen) atoms. The highest BCUT2D eigenvalue weighted by molar-refractivity contribution is 5.79.